The third-order valence-corrected chi connectivity index (χ3v) is 5.81. The van der Waals surface area contributed by atoms with E-state index in [0.29, 0.717) is 30.2 Å². The van der Waals surface area contributed by atoms with Crippen molar-refractivity contribution in [2.75, 3.05) is 26.3 Å². The number of halogens is 1. The first kappa shape index (κ1) is 16.4. The molecule has 6 heteroatoms. The number of likely N-dealkylation sites (tertiary alicyclic amines) is 1. The summed E-state index contributed by atoms with van der Waals surface area (Å²) in [5.41, 5.74) is -0.434. The smallest absolute Gasteiger partial charge is 0.314 e. The summed E-state index contributed by atoms with van der Waals surface area (Å²) in [5, 5.41) is 11.9. The minimum Gasteiger partial charge on any atom is -0.481 e. The van der Waals surface area contributed by atoms with Crippen molar-refractivity contribution in [1.29, 1.82) is 0 Å². The molecule has 1 amide bonds. The van der Waals surface area contributed by atoms with Crippen LogP contribution >= 0.6 is 11.6 Å². The Balaban J connectivity index is 1.71. The average molecular weight is 360 g/mol. The molecule has 2 aromatic rings. The number of amides is 1. The van der Waals surface area contributed by atoms with Crippen LogP contribution in [-0.2, 0) is 9.53 Å². The molecule has 0 saturated carbocycles. The summed E-state index contributed by atoms with van der Waals surface area (Å²) in [6.07, 6.45) is 0.664. The molecule has 0 spiro atoms. The largest absolute Gasteiger partial charge is 0.481 e. The third kappa shape index (κ3) is 2.50. The molecule has 1 N–H and O–H groups in total. The maximum absolute atomic E-state index is 13.1. The molecule has 25 heavy (non-hydrogen) atoms. The van der Waals surface area contributed by atoms with E-state index >= 15 is 0 Å². The summed E-state index contributed by atoms with van der Waals surface area (Å²) in [7, 11) is 0. The first-order valence-electron chi connectivity index (χ1n) is 8.30. The number of nitrogens with zero attached hydrogens (tertiary/aromatic N) is 1. The number of rotatable bonds is 2. The van der Waals surface area contributed by atoms with E-state index < -0.39 is 11.4 Å². The summed E-state index contributed by atoms with van der Waals surface area (Å²) in [6.45, 7) is 1.35. The number of carbonyl (C=O) groups is 2. The van der Waals surface area contributed by atoms with Crippen molar-refractivity contribution < 1.29 is 19.4 Å². The second-order valence-electron chi connectivity index (χ2n) is 6.83. The van der Waals surface area contributed by atoms with Gasteiger partial charge < -0.3 is 14.7 Å². The third-order valence-electron chi connectivity index (χ3n) is 5.48. The van der Waals surface area contributed by atoms with E-state index in [1.807, 2.05) is 18.2 Å². The molecule has 0 aromatic heterocycles. The second-order valence-corrected chi connectivity index (χ2v) is 7.23. The quantitative estimate of drug-likeness (QED) is 0.894. The van der Waals surface area contributed by atoms with Gasteiger partial charge in [0.25, 0.3) is 5.91 Å². The molecule has 4 rings (SSSR count). The summed E-state index contributed by atoms with van der Waals surface area (Å²) in [4.78, 5) is 26.7. The SMILES string of the molecule is O=C(c1cccc2c(Cl)cccc12)N1C[C@@H]2CCOC[C@]2(C(=O)O)C1. The van der Waals surface area contributed by atoms with Crippen LogP contribution in [0.4, 0.5) is 0 Å². The standard InChI is InChI=1S/C19H18ClNO4/c20-16-6-2-3-13-14(16)4-1-5-15(13)17(22)21-9-12-7-8-25-11-19(12,10-21)18(23)24/h1-6,12H,7-11H2,(H,23,24)/t12-,19+/m0/s1. The molecule has 2 atom stereocenters. The van der Waals surface area contributed by atoms with Crippen molar-refractivity contribution in [2.24, 2.45) is 11.3 Å². The lowest BCUT2D eigenvalue weighted by Crippen LogP contribution is -2.46. The fraction of sp³-hybridized carbons (Fsp3) is 0.368. The lowest BCUT2D eigenvalue weighted by atomic mass is 9.76. The molecule has 5 nitrogen and oxygen atoms in total. The van der Waals surface area contributed by atoms with Crippen molar-refractivity contribution in [3.8, 4) is 0 Å². The van der Waals surface area contributed by atoms with Gasteiger partial charge in [0, 0.05) is 35.7 Å². The number of carbonyl (C=O) groups excluding carboxylic acids is 1. The fourth-order valence-electron chi connectivity index (χ4n) is 4.07. The van der Waals surface area contributed by atoms with Crippen molar-refractivity contribution in [1.82, 2.24) is 4.90 Å². The van der Waals surface area contributed by atoms with Gasteiger partial charge in [-0.15, -0.1) is 0 Å². The van der Waals surface area contributed by atoms with Gasteiger partial charge in [-0.2, -0.15) is 0 Å². The van der Waals surface area contributed by atoms with E-state index in [2.05, 4.69) is 0 Å². The minimum absolute atomic E-state index is 0.0683. The lowest BCUT2D eigenvalue weighted by molar-refractivity contribution is -0.159. The number of benzene rings is 2. The molecule has 2 saturated heterocycles. The Morgan fingerprint density at radius 2 is 1.96 bits per heavy atom. The summed E-state index contributed by atoms with van der Waals surface area (Å²) in [5.74, 6) is -1.10. The van der Waals surface area contributed by atoms with E-state index in [1.54, 1.807) is 23.1 Å². The zero-order valence-electron chi connectivity index (χ0n) is 13.6. The van der Waals surface area contributed by atoms with Crippen molar-refractivity contribution in [2.45, 2.75) is 6.42 Å². The Bertz CT molecular complexity index is 868. The van der Waals surface area contributed by atoms with Crippen LogP contribution in [0.1, 0.15) is 16.8 Å². The van der Waals surface area contributed by atoms with Crippen LogP contribution in [0.15, 0.2) is 36.4 Å². The monoisotopic (exact) mass is 359 g/mol. The molecule has 2 fully saturated rings. The summed E-state index contributed by atoms with van der Waals surface area (Å²) in [6, 6.07) is 10.9. The van der Waals surface area contributed by atoms with Crippen LogP contribution in [0.2, 0.25) is 5.02 Å². The Morgan fingerprint density at radius 3 is 2.72 bits per heavy atom. The molecule has 0 aliphatic carbocycles. The zero-order valence-corrected chi connectivity index (χ0v) is 14.3. The highest BCUT2D eigenvalue weighted by atomic mass is 35.5. The highest BCUT2D eigenvalue weighted by Gasteiger charge is 2.55. The molecule has 130 valence electrons. The molecular weight excluding hydrogens is 342 g/mol. The number of aliphatic carboxylic acids is 1. The molecule has 2 heterocycles. The van der Waals surface area contributed by atoms with Crippen molar-refractivity contribution in [3.63, 3.8) is 0 Å². The van der Waals surface area contributed by atoms with Crippen LogP contribution < -0.4 is 0 Å². The van der Waals surface area contributed by atoms with Crippen LogP contribution in [0.3, 0.4) is 0 Å². The molecule has 2 aromatic carbocycles. The zero-order chi connectivity index (χ0) is 17.6. The Labute approximate surface area is 150 Å². The predicted molar refractivity (Wildman–Crippen MR) is 93.9 cm³/mol. The van der Waals surface area contributed by atoms with Gasteiger partial charge in [0.15, 0.2) is 0 Å². The van der Waals surface area contributed by atoms with Gasteiger partial charge in [-0.3, -0.25) is 9.59 Å². The number of ether oxygens (including phenoxy) is 1. The molecule has 0 unspecified atom stereocenters. The number of hydrogen-bond acceptors (Lipinski definition) is 3. The molecular formula is C19H18ClNO4. The average Bonchev–Trinajstić information content (AvgIpc) is 3.02. The van der Waals surface area contributed by atoms with Crippen molar-refractivity contribution >= 4 is 34.2 Å². The van der Waals surface area contributed by atoms with E-state index in [0.717, 1.165) is 10.8 Å². The van der Waals surface area contributed by atoms with Gasteiger partial charge in [0.05, 0.1) is 6.61 Å². The molecule has 2 aliphatic heterocycles. The maximum Gasteiger partial charge on any atom is 0.314 e. The van der Waals surface area contributed by atoms with Crippen LogP contribution in [0.5, 0.6) is 0 Å². The Morgan fingerprint density at radius 1 is 1.20 bits per heavy atom. The lowest BCUT2D eigenvalue weighted by Gasteiger charge is -2.33. The van der Waals surface area contributed by atoms with Crippen LogP contribution in [-0.4, -0.2) is 48.2 Å². The summed E-state index contributed by atoms with van der Waals surface area (Å²) >= 11 is 6.24. The van der Waals surface area contributed by atoms with Crippen LogP contribution in [0.25, 0.3) is 10.8 Å². The summed E-state index contributed by atoms with van der Waals surface area (Å²) < 4.78 is 5.43. The predicted octanol–water partition coefficient (Wildman–Crippen LogP) is 3.06. The first-order chi connectivity index (χ1) is 12.0. The van der Waals surface area contributed by atoms with E-state index in [4.69, 9.17) is 16.3 Å². The maximum atomic E-state index is 13.1. The first-order valence-corrected chi connectivity index (χ1v) is 8.68. The normalized spacial score (nSPS) is 25.8. The van der Waals surface area contributed by atoms with E-state index in [-0.39, 0.29) is 25.0 Å². The van der Waals surface area contributed by atoms with E-state index in [1.165, 1.54) is 0 Å². The molecule has 2 aliphatic rings. The van der Waals surface area contributed by atoms with Gasteiger partial charge in [-0.1, -0.05) is 35.9 Å². The number of hydrogen-bond donors (Lipinski definition) is 1. The topological polar surface area (TPSA) is 66.8 Å². The van der Waals surface area contributed by atoms with Crippen LogP contribution in [0, 0.1) is 11.3 Å². The van der Waals surface area contributed by atoms with Gasteiger partial charge in [0.1, 0.15) is 5.41 Å². The van der Waals surface area contributed by atoms with Gasteiger partial charge in [-0.25, -0.2) is 0 Å². The molecule has 0 bridgehead atoms. The highest BCUT2D eigenvalue weighted by molar-refractivity contribution is 6.36. The number of carboxylic acids is 1. The number of carboxylic acid groups (broad SMARTS) is 1. The van der Waals surface area contributed by atoms with Crippen molar-refractivity contribution in [3.05, 3.63) is 47.0 Å². The Hall–Kier alpha value is -2.11. The van der Waals surface area contributed by atoms with E-state index in [9.17, 15) is 14.7 Å². The van der Waals surface area contributed by atoms with Gasteiger partial charge in [-0.05, 0) is 29.9 Å². The Kier molecular flexibility index (Phi) is 3.93. The second kappa shape index (κ2) is 6.00. The fourth-order valence-corrected chi connectivity index (χ4v) is 4.31. The number of fused-ring (bicyclic) bond motifs is 2. The van der Waals surface area contributed by atoms with Gasteiger partial charge >= 0.3 is 5.97 Å². The minimum atomic E-state index is -0.990. The molecule has 0 radical (unpaired) electrons. The van der Waals surface area contributed by atoms with Gasteiger partial charge in [0.2, 0.25) is 0 Å². The highest BCUT2D eigenvalue weighted by Crippen LogP contribution is 2.42.